The fourth-order valence-electron chi connectivity index (χ4n) is 3.47. The van der Waals surface area contributed by atoms with Crippen molar-refractivity contribution in [2.75, 3.05) is 11.9 Å². The van der Waals surface area contributed by atoms with Crippen LogP contribution in [-0.2, 0) is 6.54 Å². The summed E-state index contributed by atoms with van der Waals surface area (Å²) in [6, 6.07) is 24.9. The van der Waals surface area contributed by atoms with Crippen LogP contribution in [0.5, 0.6) is 0 Å². The van der Waals surface area contributed by atoms with Crippen molar-refractivity contribution in [1.29, 1.82) is 0 Å². The number of nitrogens with zero attached hydrogens (tertiary/aromatic N) is 1. The number of benzene rings is 3. The summed E-state index contributed by atoms with van der Waals surface area (Å²) in [5, 5.41) is 16.4. The van der Waals surface area contributed by atoms with Gasteiger partial charge in [-0.15, -0.1) is 0 Å². The Kier molecular flexibility index (Phi) is 4.16. The van der Waals surface area contributed by atoms with Crippen LogP contribution in [0.25, 0.3) is 21.8 Å². The summed E-state index contributed by atoms with van der Waals surface area (Å²) in [5.41, 5.74) is 4.59. The molecule has 0 radical (unpaired) electrons. The molecule has 4 rings (SSSR count). The number of nitrogens with one attached hydrogen (secondary N) is 1. The first-order valence-corrected chi connectivity index (χ1v) is 8.67. The highest BCUT2D eigenvalue weighted by atomic mass is 16.3. The van der Waals surface area contributed by atoms with Crippen molar-refractivity contribution >= 4 is 27.5 Å². The summed E-state index contributed by atoms with van der Waals surface area (Å²) < 4.78 is 2.22. The number of rotatable bonds is 5. The number of hydrogen-bond acceptors (Lipinski definition) is 2. The molecule has 0 unspecified atom stereocenters. The van der Waals surface area contributed by atoms with Gasteiger partial charge in [0.25, 0.3) is 0 Å². The monoisotopic (exact) mass is 330 g/mol. The molecule has 126 valence electrons. The maximum Gasteiger partial charge on any atom is 0.0891 e. The lowest BCUT2D eigenvalue weighted by atomic mass is 10.2. The topological polar surface area (TPSA) is 37.2 Å². The molecule has 1 aromatic heterocycles. The molecule has 3 aromatic carbocycles. The zero-order chi connectivity index (χ0) is 17.2. The second-order valence-electron chi connectivity index (χ2n) is 6.49. The van der Waals surface area contributed by atoms with Crippen LogP contribution in [0.1, 0.15) is 5.56 Å². The van der Waals surface area contributed by atoms with Crippen molar-refractivity contribution in [3.63, 3.8) is 0 Å². The van der Waals surface area contributed by atoms with Crippen molar-refractivity contribution in [2.24, 2.45) is 0 Å². The Hall–Kier alpha value is -2.78. The van der Waals surface area contributed by atoms with Crippen LogP contribution in [0.3, 0.4) is 0 Å². The molecular formula is C22H22N2O. The third kappa shape index (κ3) is 2.99. The normalized spacial score (nSPS) is 12.6. The van der Waals surface area contributed by atoms with E-state index >= 15 is 0 Å². The maximum absolute atomic E-state index is 10.6. The lowest BCUT2D eigenvalue weighted by molar-refractivity contribution is 0.169. The molecule has 0 aliphatic rings. The van der Waals surface area contributed by atoms with Crippen molar-refractivity contribution in [3.8, 4) is 0 Å². The first-order chi connectivity index (χ1) is 12.2. The van der Waals surface area contributed by atoms with E-state index < -0.39 is 6.10 Å². The predicted molar refractivity (Wildman–Crippen MR) is 105 cm³/mol. The molecule has 0 saturated carbocycles. The van der Waals surface area contributed by atoms with Gasteiger partial charge in [0.2, 0.25) is 0 Å². The van der Waals surface area contributed by atoms with Crippen LogP contribution in [0.4, 0.5) is 5.69 Å². The van der Waals surface area contributed by atoms with E-state index in [1.807, 2.05) is 18.2 Å². The van der Waals surface area contributed by atoms with E-state index in [4.69, 9.17) is 0 Å². The standard InChI is InChI=1S/C22H22N2O/c1-16-8-2-5-11-20(16)23-14-17(25)15-24-21-12-6-3-9-18(21)19-10-4-7-13-22(19)24/h2-13,17,23,25H,14-15H2,1H3/t17-/m1/s1. The number of hydrogen-bond donors (Lipinski definition) is 2. The quantitative estimate of drug-likeness (QED) is 0.562. The van der Waals surface area contributed by atoms with Crippen molar-refractivity contribution in [3.05, 3.63) is 78.4 Å². The second kappa shape index (κ2) is 6.61. The molecule has 1 atom stereocenters. The average molecular weight is 330 g/mol. The van der Waals surface area contributed by atoms with Gasteiger partial charge in [-0.1, -0.05) is 54.6 Å². The van der Waals surface area contributed by atoms with Gasteiger partial charge >= 0.3 is 0 Å². The van der Waals surface area contributed by atoms with E-state index in [1.54, 1.807) is 0 Å². The molecule has 2 N–H and O–H groups in total. The number of aryl methyl sites for hydroxylation is 1. The first-order valence-electron chi connectivity index (χ1n) is 8.67. The van der Waals surface area contributed by atoms with Gasteiger partial charge < -0.3 is 15.0 Å². The third-order valence-electron chi connectivity index (χ3n) is 4.75. The Morgan fingerprint density at radius 2 is 1.40 bits per heavy atom. The van der Waals surface area contributed by atoms with Crippen LogP contribution in [0.15, 0.2) is 72.8 Å². The summed E-state index contributed by atoms with van der Waals surface area (Å²) in [6.07, 6.45) is -0.473. The van der Waals surface area contributed by atoms with Gasteiger partial charge in [-0.2, -0.15) is 0 Å². The Labute approximate surface area is 147 Å². The molecule has 25 heavy (non-hydrogen) atoms. The molecule has 4 aromatic rings. The number of aromatic nitrogens is 1. The van der Waals surface area contributed by atoms with Gasteiger partial charge in [0.1, 0.15) is 0 Å². The number of aliphatic hydroxyl groups excluding tert-OH is 1. The zero-order valence-corrected chi connectivity index (χ0v) is 14.3. The first kappa shape index (κ1) is 15.7. The van der Waals surface area contributed by atoms with Crippen molar-refractivity contribution in [1.82, 2.24) is 4.57 Å². The maximum atomic E-state index is 10.6. The van der Waals surface area contributed by atoms with E-state index in [1.165, 1.54) is 27.4 Å². The summed E-state index contributed by atoms with van der Waals surface area (Å²) in [7, 11) is 0. The van der Waals surface area contributed by atoms with Crippen LogP contribution >= 0.6 is 0 Å². The molecule has 0 fully saturated rings. The van der Waals surface area contributed by atoms with Crippen molar-refractivity contribution < 1.29 is 5.11 Å². The molecule has 0 aliphatic carbocycles. The average Bonchev–Trinajstić information content (AvgIpc) is 2.96. The number of anilines is 1. The smallest absolute Gasteiger partial charge is 0.0891 e. The van der Waals surface area contributed by atoms with E-state index in [-0.39, 0.29) is 0 Å². The van der Waals surface area contributed by atoms with Gasteiger partial charge in [0, 0.05) is 34.0 Å². The lowest BCUT2D eigenvalue weighted by Gasteiger charge is -2.16. The second-order valence-corrected chi connectivity index (χ2v) is 6.49. The Morgan fingerprint density at radius 3 is 2.04 bits per heavy atom. The third-order valence-corrected chi connectivity index (χ3v) is 4.75. The largest absolute Gasteiger partial charge is 0.389 e. The Bertz CT molecular complexity index is 966. The molecule has 3 heteroatoms. The van der Waals surface area contributed by atoms with Gasteiger partial charge in [-0.3, -0.25) is 0 Å². The molecular weight excluding hydrogens is 308 g/mol. The van der Waals surface area contributed by atoms with E-state index in [9.17, 15) is 5.11 Å². The Balaban J connectivity index is 1.60. The van der Waals surface area contributed by atoms with E-state index in [0.29, 0.717) is 13.1 Å². The minimum atomic E-state index is -0.473. The summed E-state index contributed by atoms with van der Waals surface area (Å²) in [6.45, 7) is 3.15. The fraction of sp³-hybridized carbons (Fsp3) is 0.182. The highest BCUT2D eigenvalue weighted by Gasteiger charge is 2.13. The molecule has 1 heterocycles. The van der Waals surface area contributed by atoms with E-state index in [0.717, 1.165) is 5.69 Å². The minimum absolute atomic E-state index is 0.473. The molecule has 3 nitrogen and oxygen atoms in total. The van der Waals surface area contributed by atoms with Crippen LogP contribution in [-0.4, -0.2) is 22.3 Å². The van der Waals surface area contributed by atoms with Crippen LogP contribution in [0.2, 0.25) is 0 Å². The minimum Gasteiger partial charge on any atom is -0.389 e. The van der Waals surface area contributed by atoms with Crippen LogP contribution in [0, 0.1) is 6.92 Å². The summed E-state index contributed by atoms with van der Waals surface area (Å²) in [5.74, 6) is 0. The van der Waals surface area contributed by atoms with Crippen molar-refractivity contribution in [2.45, 2.75) is 19.6 Å². The van der Waals surface area contributed by atoms with Crippen LogP contribution < -0.4 is 5.32 Å². The number of aliphatic hydroxyl groups is 1. The number of fused-ring (bicyclic) bond motifs is 3. The van der Waals surface area contributed by atoms with Gasteiger partial charge in [-0.25, -0.2) is 0 Å². The molecule has 0 bridgehead atoms. The highest BCUT2D eigenvalue weighted by Crippen LogP contribution is 2.28. The van der Waals surface area contributed by atoms with Gasteiger partial charge in [-0.05, 0) is 30.7 Å². The summed E-state index contributed by atoms with van der Waals surface area (Å²) >= 11 is 0. The SMILES string of the molecule is Cc1ccccc1NC[C@@H](O)Cn1c2ccccc2c2ccccc21. The fourth-order valence-corrected chi connectivity index (χ4v) is 3.47. The highest BCUT2D eigenvalue weighted by molar-refractivity contribution is 6.07. The molecule has 0 amide bonds. The van der Waals surface area contributed by atoms with Gasteiger partial charge in [0.15, 0.2) is 0 Å². The van der Waals surface area contributed by atoms with E-state index in [2.05, 4.69) is 71.4 Å². The predicted octanol–water partition coefficient (Wildman–Crippen LogP) is 4.58. The lowest BCUT2D eigenvalue weighted by Crippen LogP contribution is -2.25. The summed E-state index contributed by atoms with van der Waals surface area (Å²) in [4.78, 5) is 0. The molecule has 0 saturated heterocycles. The number of para-hydroxylation sites is 3. The molecule has 0 aliphatic heterocycles. The molecule has 0 spiro atoms. The zero-order valence-electron chi connectivity index (χ0n) is 14.3. The Morgan fingerprint density at radius 1 is 0.840 bits per heavy atom. The van der Waals surface area contributed by atoms with Gasteiger partial charge in [0.05, 0.1) is 12.6 Å².